The second kappa shape index (κ2) is 5.83. The van der Waals surface area contributed by atoms with Crippen molar-refractivity contribution in [3.05, 3.63) is 0 Å². The van der Waals surface area contributed by atoms with Crippen molar-refractivity contribution >= 4 is 0 Å². The van der Waals surface area contributed by atoms with Crippen molar-refractivity contribution in [3.8, 4) is 0 Å². The van der Waals surface area contributed by atoms with E-state index in [-0.39, 0.29) is 0 Å². The lowest BCUT2D eigenvalue weighted by molar-refractivity contribution is 0.188. The van der Waals surface area contributed by atoms with Gasteiger partial charge in [-0.2, -0.15) is 0 Å². The summed E-state index contributed by atoms with van der Waals surface area (Å²) in [5.41, 5.74) is 0. The second-order valence-corrected chi connectivity index (χ2v) is 5.09. The maximum absolute atomic E-state index is 9.23. The summed E-state index contributed by atoms with van der Waals surface area (Å²) in [4.78, 5) is 0. The summed E-state index contributed by atoms with van der Waals surface area (Å²) in [7, 11) is 0. The molecule has 1 aliphatic heterocycles. The highest BCUT2D eigenvalue weighted by Gasteiger charge is 2.26. The van der Waals surface area contributed by atoms with E-state index in [9.17, 15) is 5.11 Å². The van der Waals surface area contributed by atoms with Gasteiger partial charge in [-0.25, -0.2) is 0 Å². The number of piperidine rings is 1. The van der Waals surface area contributed by atoms with Gasteiger partial charge in [0.25, 0.3) is 0 Å². The Morgan fingerprint density at radius 1 is 1.13 bits per heavy atom. The summed E-state index contributed by atoms with van der Waals surface area (Å²) in [6.07, 6.45) is 6.44. The summed E-state index contributed by atoms with van der Waals surface area (Å²) in [6, 6.07) is 0.665. The first-order chi connectivity index (χ1) is 7.40. The molecule has 0 spiro atoms. The molecule has 88 valence electrons. The Balaban J connectivity index is 1.67. The SMILES string of the molecule is OCC1CCCC1CNC1CCCNC1. The van der Waals surface area contributed by atoms with E-state index in [1.54, 1.807) is 0 Å². The molecule has 15 heavy (non-hydrogen) atoms. The molecular formula is C12H24N2O. The van der Waals surface area contributed by atoms with Crippen molar-refractivity contribution in [3.63, 3.8) is 0 Å². The number of aliphatic hydroxyl groups excluding tert-OH is 1. The van der Waals surface area contributed by atoms with E-state index in [1.807, 2.05) is 0 Å². The van der Waals surface area contributed by atoms with Crippen LogP contribution in [0.4, 0.5) is 0 Å². The molecule has 3 unspecified atom stereocenters. The lowest BCUT2D eigenvalue weighted by Crippen LogP contribution is -2.45. The lowest BCUT2D eigenvalue weighted by Gasteiger charge is -2.26. The van der Waals surface area contributed by atoms with E-state index in [0.29, 0.717) is 18.6 Å². The fourth-order valence-electron chi connectivity index (χ4n) is 2.97. The monoisotopic (exact) mass is 212 g/mol. The van der Waals surface area contributed by atoms with Crippen molar-refractivity contribution in [2.45, 2.75) is 38.1 Å². The van der Waals surface area contributed by atoms with Crippen LogP contribution in [0.5, 0.6) is 0 Å². The van der Waals surface area contributed by atoms with Gasteiger partial charge in [-0.3, -0.25) is 0 Å². The molecule has 2 fully saturated rings. The van der Waals surface area contributed by atoms with Crippen LogP contribution >= 0.6 is 0 Å². The smallest absolute Gasteiger partial charge is 0.0462 e. The van der Waals surface area contributed by atoms with Crippen LogP contribution in [0.1, 0.15) is 32.1 Å². The second-order valence-electron chi connectivity index (χ2n) is 5.09. The minimum Gasteiger partial charge on any atom is -0.396 e. The average molecular weight is 212 g/mol. The predicted octanol–water partition coefficient (Wildman–Crippen LogP) is 0.737. The summed E-state index contributed by atoms with van der Waals surface area (Å²) in [5.74, 6) is 1.28. The van der Waals surface area contributed by atoms with Crippen LogP contribution in [-0.2, 0) is 0 Å². The van der Waals surface area contributed by atoms with Gasteiger partial charge < -0.3 is 15.7 Å². The number of hydrogen-bond donors (Lipinski definition) is 3. The van der Waals surface area contributed by atoms with Gasteiger partial charge in [0.1, 0.15) is 0 Å². The van der Waals surface area contributed by atoms with Gasteiger partial charge >= 0.3 is 0 Å². The third-order valence-corrected chi connectivity index (χ3v) is 4.02. The highest BCUT2D eigenvalue weighted by Crippen LogP contribution is 2.30. The Kier molecular flexibility index (Phi) is 4.42. The average Bonchev–Trinajstić information content (AvgIpc) is 2.75. The third-order valence-electron chi connectivity index (χ3n) is 4.02. The van der Waals surface area contributed by atoms with E-state index in [4.69, 9.17) is 0 Å². The maximum Gasteiger partial charge on any atom is 0.0462 e. The minimum absolute atomic E-state index is 0.384. The molecule has 1 saturated heterocycles. The van der Waals surface area contributed by atoms with Crippen LogP contribution in [0.25, 0.3) is 0 Å². The van der Waals surface area contributed by atoms with Crippen LogP contribution in [0, 0.1) is 11.8 Å². The van der Waals surface area contributed by atoms with Gasteiger partial charge in [0, 0.05) is 19.2 Å². The Bertz CT molecular complexity index is 180. The van der Waals surface area contributed by atoms with Crippen molar-refractivity contribution < 1.29 is 5.11 Å². The highest BCUT2D eigenvalue weighted by molar-refractivity contribution is 4.82. The van der Waals surface area contributed by atoms with Crippen LogP contribution in [0.15, 0.2) is 0 Å². The van der Waals surface area contributed by atoms with Gasteiger partial charge in [-0.15, -0.1) is 0 Å². The molecule has 1 heterocycles. The molecule has 0 aromatic heterocycles. The van der Waals surface area contributed by atoms with Gasteiger partial charge in [0.15, 0.2) is 0 Å². The number of hydrogen-bond acceptors (Lipinski definition) is 3. The molecule has 3 nitrogen and oxygen atoms in total. The van der Waals surface area contributed by atoms with Crippen LogP contribution in [0.2, 0.25) is 0 Å². The van der Waals surface area contributed by atoms with E-state index in [0.717, 1.165) is 19.0 Å². The van der Waals surface area contributed by atoms with Crippen LogP contribution in [-0.4, -0.2) is 37.4 Å². The normalized spacial score (nSPS) is 37.0. The van der Waals surface area contributed by atoms with Gasteiger partial charge in [-0.1, -0.05) is 6.42 Å². The lowest BCUT2D eigenvalue weighted by atomic mass is 9.96. The molecule has 3 atom stereocenters. The Hall–Kier alpha value is -0.120. The van der Waals surface area contributed by atoms with Gasteiger partial charge in [0.2, 0.25) is 0 Å². The Morgan fingerprint density at radius 2 is 2.00 bits per heavy atom. The molecule has 3 N–H and O–H groups in total. The fourth-order valence-corrected chi connectivity index (χ4v) is 2.97. The molecule has 0 aromatic carbocycles. The summed E-state index contributed by atoms with van der Waals surface area (Å²) >= 11 is 0. The summed E-state index contributed by atoms with van der Waals surface area (Å²) in [5, 5.41) is 16.3. The van der Waals surface area contributed by atoms with E-state index >= 15 is 0 Å². The topological polar surface area (TPSA) is 44.3 Å². The third kappa shape index (κ3) is 3.16. The number of aliphatic hydroxyl groups is 1. The van der Waals surface area contributed by atoms with Crippen molar-refractivity contribution in [2.24, 2.45) is 11.8 Å². The minimum atomic E-state index is 0.384. The Labute approximate surface area is 92.6 Å². The first-order valence-corrected chi connectivity index (χ1v) is 6.45. The number of nitrogens with one attached hydrogen (secondary N) is 2. The molecule has 0 radical (unpaired) electrons. The van der Waals surface area contributed by atoms with Crippen molar-refractivity contribution in [1.29, 1.82) is 0 Å². The van der Waals surface area contributed by atoms with Crippen molar-refractivity contribution in [1.82, 2.24) is 10.6 Å². The van der Waals surface area contributed by atoms with E-state index < -0.39 is 0 Å². The predicted molar refractivity (Wildman–Crippen MR) is 61.8 cm³/mol. The standard InChI is InChI=1S/C12H24N2O/c15-9-11-4-1-3-10(11)7-14-12-5-2-6-13-8-12/h10-15H,1-9H2. The maximum atomic E-state index is 9.23. The molecule has 1 aliphatic carbocycles. The first-order valence-electron chi connectivity index (χ1n) is 6.45. The Morgan fingerprint density at radius 3 is 2.73 bits per heavy atom. The van der Waals surface area contributed by atoms with Gasteiger partial charge in [-0.05, 0) is 50.6 Å². The molecule has 1 saturated carbocycles. The molecule has 0 amide bonds. The largest absolute Gasteiger partial charge is 0.396 e. The molecular weight excluding hydrogens is 188 g/mol. The summed E-state index contributed by atoms with van der Waals surface area (Å²) < 4.78 is 0. The molecule has 3 heteroatoms. The molecule has 0 bridgehead atoms. The fraction of sp³-hybridized carbons (Fsp3) is 1.00. The number of rotatable bonds is 4. The zero-order chi connectivity index (χ0) is 10.5. The van der Waals surface area contributed by atoms with Crippen molar-refractivity contribution in [2.75, 3.05) is 26.2 Å². The first kappa shape index (κ1) is 11.4. The molecule has 2 rings (SSSR count). The zero-order valence-corrected chi connectivity index (χ0v) is 9.54. The summed E-state index contributed by atoms with van der Waals surface area (Å²) in [6.45, 7) is 3.80. The van der Waals surface area contributed by atoms with Crippen LogP contribution < -0.4 is 10.6 Å². The quantitative estimate of drug-likeness (QED) is 0.644. The van der Waals surface area contributed by atoms with Crippen LogP contribution in [0.3, 0.4) is 0 Å². The van der Waals surface area contributed by atoms with E-state index in [2.05, 4.69) is 10.6 Å². The molecule has 2 aliphatic rings. The van der Waals surface area contributed by atoms with Gasteiger partial charge in [0.05, 0.1) is 0 Å². The van der Waals surface area contributed by atoms with E-state index in [1.165, 1.54) is 38.6 Å². The zero-order valence-electron chi connectivity index (χ0n) is 9.54. The highest BCUT2D eigenvalue weighted by atomic mass is 16.3. The molecule has 0 aromatic rings.